The van der Waals surface area contributed by atoms with Crippen LogP contribution in [0.1, 0.15) is 94.0 Å². The molecule has 4 aliphatic carbocycles. The number of allylic oxidation sites excluding steroid dienone is 7. The maximum atomic E-state index is 2.61. The van der Waals surface area contributed by atoms with Gasteiger partial charge in [0.15, 0.2) is 0 Å². The molecule has 1 spiro atoms. The third-order valence-corrected chi connectivity index (χ3v) is 12.7. The second-order valence-electron chi connectivity index (χ2n) is 15.6. The van der Waals surface area contributed by atoms with E-state index in [1.165, 1.54) is 80.0 Å². The molecule has 2 aliphatic heterocycles. The van der Waals surface area contributed by atoms with E-state index in [0.717, 1.165) is 25.7 Å². The maximum Gasteiger partial charge on any atom is 0.0543 e. The number of hydrogen-bond acceptors (Lipinski definition) is 1. The second kappa shape index (κ2) is 8.91. The van der Waals surface area contributed by atoms with E-state index in [-0.39, 0.29) is 16.2 Å². The topological polar surface area (TPSA) is 3.24 Å². The molecule has 0 radical (unpaired) electrons. The molecule has 1 atom stereocenters. The zero-order chi connectivity index (χ0) is 31.0. The molecule has 10 rings (SSSR count). The highest BCUT2D eigenvalue weighted by Gasteiger charge is 2.48. The first-order valence-electron chi connectivity index (χ1n) is 17.4. The Balaban J connectivity index is 1.14. The Kier molecular flexibility index (Phi) is 5.20. The van der Waals surface area contributed by atoms with E-state index >= 15 is 0 Å². The summed E-state index contributed by atoms with van der Waals surface area (Å²) in [4.78, 5) is 2.61. The van der Waals surface area contributed by atoms with E-state index in [4.69, 9.17) is 0 Å². The molecule has 6 aliphatic rings. The Morgan fingerprint density at radius 2 is 1.28 bits per heavy atom. The Hall–Kier alpha value is -4.36. The minimum absolute atomic E-state index is 0.0253. The van der Waals surface area contributed by atoms with Gasteiger partial charge in [-0.15, -0.1) is 0 Å². The van der Waals surface area contributed by atoms with Crippen molar-refractivity contribution in [2.45, 2.75) is 82.5 Å². The summed E-state index contributed by atoms with van der Waals surface area (Å²) in [6.07, 6.45) is 16.5. The molecule has 0 amide bonds. The molecule has 0 bridgehead atoms. The van der Waals surface area contributed by atoms with Crippen molar-refractivity contribution < 1.29 is 0 Å². The molecule has 4 aromatic rings. The van der Waals surface area contributed by atoms with Gasteiger partial charge in [-0.3, -0.25) is 0 Å². The van der Waals surface area contributed by atoms with Crippen molar-refractivity contribution in [2.24, 2.45) is 0 Å². The molecular formula is C45H41N. The van der Waals surface area contributed by atoms with Crippen LogP contribution in [0.5, 0.6) is 0 Å². The molecule has 0 N–H and O–H groups in total. The Morgan fingerprint density at radius 1 is 0.587 bits per heavy atom. The number of rotatable bonds is 1. The van der Waals surface area contributed by atoms with Crippen LogP contribution in [0.2, 0.25) is 0 Å². The smallest absolute Gasteiger partial charge is 0.0543 e. The molecule has 0 fully saturated rings. The van der Waals surface area contributed by atoms with Crippen molar-refractivity contribution in [1.29, 1.82) is 0 Å². The quantitative estimate of drug-likeness (QED) is 0.212. The lowest BCUT2D eigenvalue weighted by Crippen LogP contribution is -2.40. The SMILES string of the molecule is CC1(C)C2=C(C=CCC2)N2c3ccc(-c4ccc5c(c4)C4(CC6=C(CCC=C6)C4)c4ccccc4-5)cc3C(C)(C)c3cccc1c32. The molecule has 226 valence electrons. The van der Waals surface area contributed by atoms with E-state index in [1.807, 2.05) is 0 Å². The molecule has 2 heterocycles. The highest BCUT2D eigenvalue weighted by atomic mass is 15.2. The Morgan fingerprint density at radius 3 is 2.13 bits per heavy atom. The van der Waals surface area contributed by atoms with Gasteiger partial charge in [-0.1, -0.05) is 112 Å². The highest BCUT2D eigenvalue weighted by Crippen LogP contribution is 2.61. The lowest BCUT2D eigenvalue weighted by atomic mass is 9.65. The van der Waals surface area contributed by atoms with Crippen molar-refractivity contribution in [3.63, 3.8) is 0 Å². The zero-order valence-corrected chi connectivity index (χ0v) is 27.5. The average molecular weight is 596 g/mol. The van der Waals surface area contributed by atoms with Gasteiger partial charge in [0.25, 0.3) is 0 Å². The van der Waals surface area contributed by atoms with Crippen LogP contribution in [0, 0.1) is 0 Å². The van der Waals surface area contributed by atoms with Crippen LogP contribution >= 0.6 is 0 Å². The lowest BCUT2D eigenvalue weighted by molar-refractivity contribution is 0.555. The summed E-state index contributed by atoms with van der Waals surface area (Å²) in [5.74, 6) is 0. The van der Waals surface area contributed by atoms with Gasteiger partial charge in [0.2, 0.25) is 0 Å². The molecule has 1 heteroatoms. The third kappa shape index (κ3) is 3.26. The van der Waals surface area contributed by atoms with Gasteiger partial charge >= 0.3 is 0 Å². The normalized spacial score (nSPS) is 23.6. The van der Waals surface area contributed by atoms with Crippen LogP contribution in [0.25, 0.3) is 22.3 Å². The van der Waals surface area contributed by atoms with E-state index in [0.29, 0.717) is 0 Å². The van der Waals surface area contributed by atoms with Crippen molar-refractivity contribution in [1.82, 2.24) is 0 Å². The van der Waals surface area contributed by atoms with Crippen LogP contribution in [0.4, 0.5) is 11.4 Å². The molecule has 0 aromatic heterocycles. The first-order chi connectivity index (χ1) is 22.3. The van der Waals surface area contributed by atoms with Gasteiger partial charge < -0.3 is 4.90 Å². The van der Waals surface area contributed by atoms with Gasteiger partial charge in [-0.25, -0.2) is 0 Å². The molecular weight excluding hydrogens is 555 g/mol. The number of benzene rings is 4. The molecule has 1 nitrogen and oxygen atoms in total. The zero-order valence-electron chi connectivity index (χ0n) is 27.5. The van der Waals surface area contributed by atoms with Gasteiger partial charge in [-0.05, 0) is 124 Å². The number of anilines is 2. The van der Waals surface area contributed by atoms with Crippen LogP contribution in [-0.2, 0) is 16.2 Å². The number of fused-ring (bicyclic) bond motifs is 8. The number of para-hydroxylation sites is 1. The molecule has 0 saturated carbocycles. The van der Waals surface area contributed by atoms with Gasteiger partial charge in [0, 0.05) is 21.9 Å². The van der Waals surface area contributed by atoms with Crippen LogP contribution < -0.4 is 4.90 Å². The summed E-state index contributed by atoms with van der Waals surface area (Å²) in [6.45, 7) is 9.75. The first kappa shape index (κ1) is 26.8. The average Bonchev–Trinajstić information content (AvgIpc) is 3.60. The first-order valence-corrected chi connectivity index (χ1v) is 17.4. The predicted molar refractivity (Wildman–Crippen MR) is 192 cm³/mol. The van der Waals surface area contributed by atoms with Gasteiger partial charge in [-0.2, -0.15) is 0 Å². The van der Waals surface area contributed by atoms with Crippen molar-refractivity contribution >= 4 is 11.4 Å². The third-order valence-electron chi connectivity index (χ3n) is 12.7. The van der Waals surface area contributed by atoms with E-state index in [2.05, 4.69) is 136 Å². The largest absolute Gasteiger partial charge is 0.310 e. The predicted octanol–water partition coefficient (Wildman–Crippen LogP) is 11.7. The minimum atomic E-state index is -0.116. The van der Waals surface area contributed by atoms with E-state index in [9.17, 15) is 0 Å². The maximum absolute atomic E-state index is 2.61. The van der Waals surface area contributed by atoms with Crippen molar-refractivity contribution in [3.8, 4) is 22.3 Å². The molecule has 4 aromatic carbocycles. The molecule has 1 unspecified atom stereocenters. The summed E-state index contributed by atoms with van der Waals surface area (Å²) in [7, 11) is 0. The van der Waals surface area contributed by atoms with Gasteiger partial charge in [0.05, 0.1) is 11.4 Å². The number of nitrogens with zero attached hydrogens (tertiary/aromatic N) is 1. The summed E-state index contributed by atoms with van der Waals surface area (Å²) in [6, 6.07) is 31.0. The summed E-state index contributed by atoms with van der Waals surface area (Å²) in [5.41, 5.74) is 21.8. The monoisotopic (exact) mass is 595 g/mol. The van der Waals surface area contributed by atoms with Crippen molar-refractivity contribution in [2.75, 3.05) is 4.90 Å². The number of hydrogen-bond donors (Lipinski definition) is 0. The van der Waals surface area contributed by atoms with Crippen molar-refractivity contribution in [3.05, 3.63) is 153 Å². The fourth-order valence-electron chi connectivity index (χ4n) is 10.3. The summed E-state index contributed by atoms with van der Waals surface area (Å²) >= 11 is 0. The van der Waals surface area contributed by atoms with E-state index in [1.54, 1.807) is 16.7 Å². The fraction of sp³-hybridized carbons (Fsp3) is 0.289. The van der Waals surface area contributed by atoms with E-state index < -0.39 is 0 Å². The molecule has 46 heavy (non-hydrogen) atoms. The standard InChI is InChI=1S/C45H41N/c1-43(2)35-16-9-10-19-40(35)46-41-23-21-29(25-39(41)44(3,4)37-18-11-17-36(43)42(37)46)28-20-22-33-32-14-7-8-15-34(32)45(38(33)24-28)26-30-12-5-6-13-31(30)27-45/h5,7-8,10-12,14-15,17-25H,6,9,13,16,26-27H2,1-4H3. The summed E-state index contributed by atoms with van der Waals surface area (Å²) < 4.78 is 0. The second-order valence-corrected chi connectivity index (χ2v) is 15.6. The van der Waals surface area contributed by atoms with Crippen LogP contribution in [-0.4, -0.2) is 0 Å². The van der Waals surface area contributed by atoms with Gasteiger partial charge in [0.1, 0.15) is 0 Å². The lowest BCUT2D eigenvalue weighted by Gasteiger charge is -2.50. The summed E-state index contributed by atoms with van der Waals surface area (Å²) in [5, 5.41) is 0. The van der Waals surface area contributed by atoms with Crippen LogP contribution in [0.15, 0.2) is 126 Å². The molecule has 0 saturated heterocycles. The fourth-order valence-corrected chi connectivity index (χ4v) is 10.3. The van der Waals surface area contributed by atoms with Crippen LogP contribution in [0.3, 0.4) is 0 Å². The Bertz CT molecular complexity index is 2160. The Labute approximate surface area is 273 Å². The minimum Gasteiger partial charge on any atom is -0.310 e. The highest BCUT2D eigenvalue weighted by molar-refractivity contribution is 5.90.